The zero-order chi connectivity index (χ0) is 69.1. The molecular weight excluding hydrogens is 1230 g/mol. The van der Waals surface area contributed by atoms with Crippen LogP contribution in [-0.2, 0) is 65.4 Å². The molecule has 17 nitrogen and oxygen atoms in total. The van der Waals surface area contributed by atoms with Gasteiger partial charge in [0.05, 0.1) is 26.4 Å². The lowest BCUT2D eigenvalue weighted by Gasteiger charge is -2.21. The Balaban J connectivity index is 5.28. The number of ether oxygens (including phenoxy) is 4. The first-order valence-electron chi connectivity index (χ1n) is 38.5. The molecule has 0 aromatic rings. The van der Waals surface area contributed by atoms with Gasteiger partial charge < -0.3 is 33.8 Å². The van der Waals surface area contributed by atoms with Crippen LogP contribution in [0.5, 0.6) is 0 Å². The first-order chi connectivity index (χ1) is 45.5. The molecule has 19 heteroatoms. The van der Waals surface area contributed by atoms with Crippen molar-refractivity contribution in [2.45, 2.75) is 387 Å². The predicted molar refractivity (Wildman–Crippen MR) is 381 cm³/mol. The van der Waals surface area contributed by atoms with Crippen LogP contribution in [0, 0.1) is 5.92 Å². The molecule has 0 heterocycles. The van der Waals surface area contributed by atoms with Crippen molar-refractivity contribution in [3.05, 3.63) is 24.3 Å². The molecule has 0 saturated carbocycles. The van der Waals surface area contributed by atoms with Crippen molar-refractivity contribution in [2.24, 2.45) is 5.92 Å². The molecule has 2 unspecified atom stereocenters. The number of aliphatic hydroxyl groups excluding tert-OH is 1. The van der Waals surface area contributed by atoms with Gasteiger partial charge in [-0.2, -0.15) is 0 Å². The van der Waals surface area contributed by atoms with Gasteiger partial charge in [-0.25, -0.2) is 9.13 Å². The lowest BCUT2D eigenvalue weighted by Crippen LogP contribution is -2.30. The maximum Gasteiger partial charge on any atom is 0.472 e. The Labute approximate surface area is 573 Å². The number of allylic oxidation sites excluding steroid dienone is 4. The number of carbonyl (C=O) groups excluding carboxylic acids is 4. The molecule has 554 valence electrons. The number of carbonyl (C=O) groups is 4. The van der Waals surface area contributed by atoms with Crippen molar-refractivity contribution in [1.29, 1.82) is 0 Å². The van der Waals surface area contributed by atoms with Crippen LogP contribution in [0.15, 0.2) is 24.3 Å². The maximum atomic E-state index is 13.1. The Morgan fingerprint density at radius 1 is 0.330 bits per heavy atom. The highest BCUT2D eigenvalue weighted by Crippen LogP contribution is 2.45. The lowest BCUT2D eigenvalue weighted by atomic mass is 10.0. The van der Waals surface area contributed by atoms with E-state index in [4.69, 9.17) is 37.0 Å². The van der Waals surface area contributed by atoms with Crippen molar-refractivity contribution in [3.63, 3.8) is 0 Å². The van der Waals surface area contributed by atoms with Crippen LogP contribution in [0.3, 0.4) is 0 Å². The third kappa shape index (κ3) is 68.1. The first-order valence-corrected chi connectivity index (χ1v) is 41.4. The molecule has 0 bridgehead atoms. The summed E-state index contributed by atoms with van der Waals surface area (Å²) in [5.74, 6) is -1.44. The number of aliphatic hydroxyl groups is 1. The Hall–Kier alpha value is -2.46. The second-order valence-corrected chi connectivity index (χ2v) is 29.7. The van der Waals surface area contributed by atoms with E-state index < -0.39 is 97.5 Å². The highest BCUT2D eigenvalue weighted by Gasteiger charge is 2.30. The summed E-state index contributed by atoms with van der Waals surface area (Å²) < 4.78 is 68.4. The molecular formula is C75H142O17P2. The summed E-state index contributed by atoms with van der Waals surface area (Å²) in [7, 11) is -9.92. The molecule has 0 aromatic heterocycles. The second kappa shape index (κ2) is 67.7. The Morgan fingerprint density at radius 2 is 0.574 bits per heavy atom. The van der Waals surface area contributed by atoms with Gasteiger partial charge in [0.2, 0.25) is 0 Å². The molecule has 0 aliphatic heterocycles. The van der Waals surface area contributed by atoms with E-state index in [1.165, 1.54) is 167 Å². The predicted octanol–water partition coefficient (Wildman–Crippen LogP) is 21.6. The van der Waals surface area contributed by atoms with Gasteiger partial charge in [0.1, 0.15) is 19.3 Å². The molecule has 0 rings (SSSR count). The van der Waals surface area contributed by atoms with Crippen molar-refractivity contribution in [2.75, 3.05) is 39.6 Å². The van der Waals surface area contributed by atoms with Gasteiger partial charge in [-0.1, -0.05) is 316 Å². The summed E-state index contributed by atoms with van der Waals surface area (Å²) in [6.07, 6.45) is 59.0. The highest BCUT2D eigenvalue weighted by atomic mass is 31.2. The van der Waals surface area contributed by atoms with E-state index in [0.29, 0.717) is 31.6 Å². The van der Waals surface area contributed by atoms with Crippen molar-refractivity contribution < 1.29 is 80.2 Å². The monoisotopic (exact) mass is 1380 g/mol. The van der Waals surface area contributed by atoms with Gasteiger partial charge in [0.15, 0.2) is 12.2 Å². The molecule has 0 aliphatic rings. The standard InChI is InChI=1S/C75H142O17P2/c1-6-9-12-15-18-21-24-27-29-31-34-37-40-45-51-56-61-75(80)91-70(64-85-72(77)58-53-48-43-38-35-33-30-28-25-22-19-16-13-10-7-2)66-89-93(81,82)87-62-69(76)63-88-94(83,84)90-67-71(65-86-73(78)59-54-49-46-41-42-47-52-57-68(4)5)92-74(79)60-55-50-44-39-36-32-26-23-20-17-14-11-8-3/h22,25,28,30,68-71,76H,6-21,23-24,26-27,29,31-67H2,1-5H3,(H,81,82)(H,83,84)/b25-22-,30-28-/t69-,70-,71-/m1/s1. The molecule has 0 fully saturated rings. The largest absolute Gasteiger partial charge is 0.472 e. The fourth-order valence-electron chi connectivity index (χ4n) is 11.0. The topological polar surface area (TPSA) is 237 Å². The molecule has 5 atom stereocenters. The summed E-state index contributed by atoms with van der Waals surface area (Å²) in [6, 6.07) is 0. The van der Waals surface area contributed by atoms with Crippen LogP contribution in [0.2, 0.25) is 0 Å². The highest BCUT2D eigenvalue weighted by molar-refractivity contribution is 7.47. The number of hydrogen-bond acceptors (Lipinski definition) is 15. The summed E-state index contributed by atoms with van der Waals surface area (Å²) in [6.45, 7) is 7.17. The molecule has 3 N–H and O–H groups in total. The molecule has 0 radical (unpaired) electrons. The fourth-order valence-corrected chi connectivity index (χ4v) is 12.6. The lowest BCUT2D eigenvalue weighted by molar-refractivity contribution is -0.161. The van der Waals surface area contributed by atoms with Crippen LogP contribution >= 0.6 is 15.6 Å². The van der Waals surface area contributed by atoms with E-state index in [0.717, 1.165) is 116 Å². The van der Waals surface area contributed by atoms with E-state index in [1.54, 1.807) is 0 Å². The van der Waals surface area contributed by atoms with E-state index in [-0.39, 0.29) is 25.7 Å². The van der Waals surface area contributed by atoms with E-state index in [1.807, 2.05) is 0 Å². The average Bonchev–Trinajstić information content (AvgIpc) is 1.43. The minimum Gasteiger partial charge on any atom is -0.462 e. The number of hydrogen-bond donors (Lipinski definition) is 3. The average molecular weight is 1380 g/mol. The summed E-state index contributed by atoms with van der Waals surface area (Å²) in [5.41, 5.74) is 0. The van der Waals surface area contributed by atoms with Gasteiger partial charge in [0.25, 0.3) is 0 Å². The zero-order valence-corrected chi connectivity index (χ0v) is 62.4. The molecule has 0 spiro atoms. The van der Waals surface area contributed by atoms with Gasteiger partial charge in [-0.05, 0) is 57.3 Å². The smallest absolute Gasteiger partial charge is 0.462 e. The van der Waals surface area contributed by atoms with Gasteiger partial charge in [-0.3, -0.25) is 37.3 Å². The van der Waals surface area contributed by atoms with E-state index >= 15 is 0 Å². The Bertz CT molecular complexity index is 1900. The third-order valence-electron chi connectivity index (χ3n) is 16.9. The normalized spacial score (nSPS) is 14.1. The molecule has 0 aromatic carbocycles. The number of unbranched alkanes of at least 4 members (excludes halogenated alkanes) is 42. The summed E-state index contributed by atoms with van der Waals surface area (Å²) in [4.78, 5) is 72.7. The minimum atomic E-state index is -4.96. The van der Waals surface area contributed by atoms with Gasteiger partial charge in [0, 0.05) is 25.7 Å². The first kappa shape index (κ1) is 91.5. The van der Waals surface area contributed by atoms with Crippen LogP contribution in [0.25, 0.3) is 0 Å². The number of phosphoric acid groups is 2. The van der Waals surface area contributed by atoms with Crippen LogP contribution in [0.4, 0.5) is 0 Å². The quantitative estimate of drug-likeness (QED) is 0.0169. The molecule has 0 aliphatic carbocycles. The van der Waals surface area contributed by atoms with Crippen LogP contribution in [0.1, 0.15) is 369 Å². The zero-order valence-electron chi connectivity index (χ0n) is 60.6. The minimum absolute atomic E-state index is 0.101. The van der Waals surface area contributed by atoms with Crippen LogP contribution in [-0.4, -0.2) is 96.7 Å². The van der Waals surface area contributed by atoms with Crippen LogP contribution < -0.4 is 0 Å². The van der Waals surface area contributed by atoms with E-state index in [9.17, 15) is 43.2 Å². The number of phosphoric ester groups is 2. The van der Waals surface area contributed by atoms with Crippen molar-refractivity contribution in [1.82, 2.24) is 0 Å². The Kier molecular flexibility index (Phi) is 65.9. The second-order valence-electron chi connectivity index (χ2n) is 26.8. The van der Waals surface area contributed by atoms with Gasteiger partial charge >= 0.3 is 39.5 Å². The summed E-state index contributed by atoms with van der Waals surface area (Å²) in [5, 5.41) is 10.6. The number of esters is 4. The third-order valence-corrected chi connectivity index (χ3v) is 18.8. The number of rotatable bonds is 73. The van der Waals surface area contributed by atoms with Crippen molar-refractivity contribution in [3.8, 4) is 0 Å². The maximum absolute atomic E-state index is 13.1. The Morgan fingerprint density at radius 3 is 0.872 bits per heavy atom. The molecule has 0 saturated heterocycles. The summed E-state index contributed by atoms with van der Waals surface area (Å²) >= 11 is 0. The van der Waals surface area contributed by atoms with E-state index in [2.05, 4.69) is 58.9 Å². The molecule has 94 heavy (non-hydrogen) atoms. The van der Waals surface area contributed by atoms with Crippen molar-refractivity contribution >= 4 is 39.5 Å². The molecule has 0 amide bonds. The SMILES string of the molecule is CCCCCC/C=C\C=C/CCCCCCCC(=O)OC[C@H](COP(=O)(O)OC[C@@H](O)COP(=O)(O)OC[C@@H](COC(=O)CCCCCCCCCC(C)C)OC(=O)CCCCCCCCCCCCCCC)OC(=O)CCCCCCCCCCCCCCCCCC. The fraction of sp³-hybridized carbons (Fsp3) is 0.893. The van der Waals surface area contributed by atoms with Gasteiger partial charge in [-0.15, -0.1) is 0 Å².